The summed E-state index contributed by atoms with van der Waals surface area (Å²) in [7, 11) is 1.84. The second kappa shape index (κ2) is 13.3. The van der Waals surface area contributed by atoms with Gasteiger partial charge in [0, 0.05) is 37.1 Å². The van der Waals surface area contributed by atoms with E-state index in [2.05, 4.69) is 5.32 Å². The van der Waals surface area contributed by atoms with E-state index >= 15 is 0 Å². The summed E-state index contributed by atoms with van der Waals surface area (Å²) in [6, 6.07) is 9.97. The maximum atomic E-state index is 15.0. The Morgan fingerprint density at radius 1 is 1.12 bits per heavy atom. The van der Waals surface area contributed by atoms with Crippen LogP contribution in [0.25, 0.3) is 10.9 Å². The number of aliphatic carboxylic acids is 1. The molecule has 1 saturated heterocycles. The third-order valence-corrected chi connectivity index (χ3v) is 8.49. The number of fused-ring (bicyclic) bond motifs is 1. The molecule has 1 aromatic heterocycles. The number of carbonyl (C=O) groups is 3. The number of benzene rings is 2. The topological polar surface area (TPSA) is 110 Å². The summed E-state index contributed by atoms with van der Waals surface area (Å²) >= 11 is 6.38. The summed E-state index contributed by atoms with van der Waals surface area (Å²) in [4.78, 5) is 42.6. The number of halogens is 2. The van der Waals surface area contributed by atoms with Crippen LogP contribution in [0.1, 0.15) is 54.4 Å². The Morgan fingerprint density at radius 2 is 1.88 bits per heavy atom. The quantitative estimate of drug-likeness (QED) is 0.304. The van der Waals surface area contributed by atoms with Crippen molar-refractivity contribution in [2.75, 3.05) is 25.1 Å². The van der Waals surface area contributed by atoms with Gasteiger partial charge >= 0.3 is 5.97 Å². The molecule has 2 aliphatic rings. The summed E-state index contributed by atoms with van der Waals surface area (Å²) in [5, 5.41) is 14.5. The smallest absolute Gasteiger partial charge is 0.306 e. The number of nitrogens with zero attached hydrogens (tertiary/aromatic N) is 2. The van der Waals surface area contributed by atoms with Gasteiger partial charge in [-0.1, -0.05) is 29.8 Å². The van der Waals surface area contributed by atoms with E-state index in [9.17, 15) is 18.8 Å². The number of aryl methyl sites for hydroxylation is 1. The van der Waals surface area contributed by atoms with Crippen molar-refractivity contribution >= 4 is 45.9 Å². The summed E-state index contributed by atoms with van der Waals surface area (Å²) in [6.45, 7) is 0.905. The second-order valence-corrected chi connectivity index (χ2v) is 11.5. The SMILES string of the molecule is Cn1cc(C(=O)Nc2cc(F)c(CC(=O)CON3CCC[C@H]3CO[C@H]3CC[C@H](C(=O)O)CC3)cc2Cl)c2ccccc21. The van der Waals surface area contributed by atoms with Crippen LogP contribution >= 0.6 is 11.6 Å². The normalized spacial score (nSPS) is 21.1. The number of aromatic nitrogens is 1. The number of ketones is 1. The number of anilines is 1. The highest BCUT2D eigenvalue weighted by Gasteiger charge is 2.30. The van der Waals surface area contributed by atoms with Crippen LogP contribution in [0.2, 0.25) is 5.02 Å². The highest BCUT2D eigenvalue weighted by Crippen LogP contribution is 2.29. The van der Waals surface area contributed by atoms with Crippen molar-refractivity contribution in [1.29, 1.82) is 0 Å². The lowest BCUT2D eigenvalue weighted by atomic mass is 9.87. The first kappa shape index (κ1) is 30.2. The number of Topliss-reactive ketones (excluding diaryl/α,β-unsaturated/α-hetero) is 1. The van der Waals surface area contributed by atoms with Gasteiger partial charge in [0.2, 0.25) is 0 Å². The fourth-order valence-electron chi connectivity index (χ4n) is 5.82. The Labute approximate surface area is 248 Å². The molecule has 0 radical (unpaired) electrons. The number of nitrogens with one attached hydrogen (secondary N) is 1. The predicted molar refractivity (Wildman–Crippen MR) is 156 cm³/mol. The van der Waals surface area contributed by atoms with Crippen LogP contribution in [0, 0.1) is 11.7 Å². The van der Waals surface area contributed by atoms with Gasteiger partial charge in [0.25, 0.3) is 5.91 Å². The number of carboxylic acids is 1. The predicted octanol–water partition coefficient (Wildman–Crippen LogP) is 5.39. The third kappa shape index (κ3) is 7.00. The zero-order valence-corrected chi connectivity index (χ0v) is 24.2. The molecule has 9 nitrogen and oxygen atoms in total. The number of carboxylic acid groups (broad SMARTS) is 1. The van der Waals surface area contributed by atoms with Crippen molar-refractivity contribution < 1.29 is 33.5 Å². The fourth-order valence-corrected chi connectivity index (χ4v) is 6.05. The van der Waals surface area contributed by atoms with Crippen molar-refractivity contribution in [1.82, 2.24) is 9.63 Å². The maximum absolute atomic E-state index is 15.0. The van der Waals surface area contributed by atoms with Gasteiger partial charge in [-0.2, -0.15) is 5.06 Å². The van der Waals surface area contributed by atoms with Crippen LogP contribution in [0.15, 0.2) is 42.6 Å². The Balaban J connectivity index is 1.11. The van der Waals surface area contributed by atoms with E-state index in [-0.39, 0.29) is 53.1 Å². The lowest BCUT2D eigenvalue weighted by molar-refractivity contribution is -0.186. The van der Waals surface area contributed by atoms with Crippen LogP contribution in [0.5, 0.6) is 0 Å². The molecule has 1 aliphatic heterocycles. The molecular formula is C31H35ClFN3O6. The van der Waals surface area contributed by atoms with E-state index in [1.807, 2.05) is 35.9 Å². The molecule has 2 N–H and O–H groups in total. The Kier molecular flexibility index (Phi) is 9.57. The van der Waals surface area contributed by atoms with E-state index in [0.29, 0.717) is 31.6 Å². The molecule has 5 rings (SSSR count). The molecule has 2 fully saturated rings. The van der Waals surface area contributed by atoms with E-state index in [1.165, 1.54) is 6.07 Å². The van der Waals surface area contributed by atoms with Crippen molar-refractivity contribution in [3.05, 3.63) is 64.6 Å². The van der Waals surface area contributed by atoms with Gasteiger partial charge in [-0.25, -0.2) is 4.39 Å². The van der Waals surface area contributed by atoms with E-state index in [0.717, 1.165) is 42.7 Å². The molecule has 1 aliphatic carbocycles. The van der Waals surface area contributed by atoms with Crippen molar-refractivity contribution in [3.63, 3.8) is 0 Å². The van der Waals surface area contributed by atoms with Gasteiger partial charge in [0.1, 0.15) is 12.4 Å². The van der Waals surface area contributed by atoms with Gasteiger partial charge in [0.15, 0.2) is 5.78 Å². The number of rotatable bonds is 11. The second-order valence-electron chi connectivity index (χ2n) is 11.1. The minimum Gasteiger partial charge on any atom is -0.481 e. The molecular weight excluding hydrogens is 565 g/mol. The molecule has 2 aromatic carbocycles. The standard InChI is InChI=1S/C31H35ClFN3O6/c1-35-16-25(24-6-2-3-7-29(24)35)30(38)34-28-15-27(33)20(14-26(28)32)13-22(37)18-42-36-12-4-5-21(36)17-41-23-10-8-19(9-11-23)31(39)40/h2-3,6-7,14-16,19,21,23H,4-5,8-13,17-18H2,1H3,(H,34,38)(H,39,40)/t19-,21-,23-/m0/s1. The van der Waals surface area contributed by atoms with Crippen LogP contribution < -0.4 is 5.32 Å². The lowest BCUT2D eigenvalue weighted by Gasteiger charge is -2.29. The molecule has 1 atom stereocenters. The number of ether oxygens (including phenoxy) is 1. The summed E-state index contributed by atoms with van der Waals surface area (Å²) < 4.78 is 22.9. The van der Waals surface area contributed by atoms with Crippen molar-refractivity contribution in [2.24, 2.45) is 13.0 Å². The van der Waals surface area contributed by atoms with Crippen LogP contribution in [-0.2, 0) is 32.6 Å². The first-order valence-corrected chi connectivity index (χ1v) is 14.7. The number of hydrogen-bond donors (Lipinski definition) is 2. The Hall–Kier alpha value is -3.31. The molecule has 2 heterocycles. The number of amides is 1. The number of hydrogen-bond acceptors (Lipinski definition) is 6. The summed E-state index contributed by atoms with van der Waals surface area (Å²) in [6.07, 6.45) is 6.02. The van der Waals surface area contributed by atoms with Gasteiger partial charge < -0.3 is 19.7 Å². The zero-order chi connectivity index (χ0) is 29.8. The minimum atomic E-state index is -0.741. The maximum Gasteiger partial charge on any atom is 0.306 e. The molecule has 0 bridgehead atoms. The average molecular weight is 600 g/mol. The molecule has 0 unspecified atom stereocenters. The first-order chi connectivity index (χ1) is 20.2. The first-order valence-electron chi connectivity index (χ1n) is 14.3. The van der Waals surface area contributed by atoms with Gasteiger partial charge in [0.05, 0.1) is 40.9 Å². The zero-order valence-electron chi connectivity index (χ0n) is 23.5. The van der Waals surface area contributed by atoms with Gasteiger partial charge in [-0.3, -0.25) is 19.2 Å². The lowest BCUT2D eigenvalue weighted by Crippen LogP contribution is -2.37. The molecule has 3 aromatic rings. The third-order valence-electron chi connectivity index (χ3n) is 8.18. The minimum absolute atomic E-state index is 0.00538. The van der Waals surface area contributed by atoms with Crippen LogP contribution in [-0.4, -0.2) is 64.3 Å². The molecule has 11 heteroatoms. The molecule has 1 amide bonds. The average Bonchev–Trinajstić information content (AvgIpc) is 3.57. The fraction of sp³-hybridized carbons (Fsp3) is 0.452. The van der Waals surface area contributed by atoms with Gasteiger partial charge in [-0.15, -0.1) is 0 Å². The Bertz CT molecular complexity index is 1470. The molecule has 0 spiro atoms. The van der Waals surface area contributed by atoms with Crippen LogP contribution in [0.4, 0.5) is 10.1 Å². The molecule has 1 saturated carbocycles. The highest BCUT2D eigenvalue weighted by atomic mass is 35.5. The summed E-state index contributed by atoms with van der Waals surface area (Å²) in [5.74, 6) is -2.40. The largest absolute Gasteiger partial charge is 0.481 e. The monoisotopic (exact) mass is 599 g/mol. The van der Waals surface area contributed by atoms with Crippen molar-refractivity contribution in [3.8, 4) is 0 Å². The summed E-state index contributed by atoms with van der Waals surface area (Å²) in [5.41, 5.74) is 1.58. The van der Waals surface area contributed by atoms with E-state index in [1.54, 1.807) is 11.3 Å². The van der Waals surface area contributed by atoms with Gasteiger partial charge in [-0.05, 0) is 62.3 Å². The van der Waals surface area contributed by atoms with E-state index in [4.69, 9.17) is 26.3 Å². The highest BCUT2D eigenvalue weighted by molar-refractivity contribution is 6.34. The van der Waals surface area contributed by atoms with Crippen molar-refractivity contribution in [2.45, 2.75) is 57.1 Å². The van der Waals surface area contributed by atoms with E-state index < -0.39 is 17.7 Å². The number of carbonyl (C=O) groups excluding carboxylic acids is 2. The number of para-hydroxylation sites is 1. The Morgan fingerprint density at radius 3 is 2.64 bits per heavy atom. The number of hydroxylamine groups is 2. The molecule has 42 heavy (non-hydrogen) atoms. The van der Waals surface area contributed by atoms with Crippen LogP contribution in [0.3, 0.4) is 0 Å². The molecule has 224 valence electrons.